The summed E-state index contributed by atoms with van der Waals surface area (Å²) in [6.07, 6.45) is 1.80. The fourth-order valence-corrected chi connectivity index (χ4v) is 2.00. The average molecular weight is 320 g/mol. The lowest BCUT2D eigenvalue weighted by atomic mass is 10.2. The second-order valence-electron chi connectivity index (χ2n) is 2.83. The second-order valence-corrected chi connectivity index (χ2v) is 4.52. The molecule has 0 bridgehead atoms. The number of rotatable bonds is 1. The molecule has 0 amide bonds. The zero-order valence-electron chi connectivity index (χ0n) is 7.42. The minimum atomic E-state index is 0.665. The number of hydrogen-bond donors (Lipinski definition) is 0. The van der Waals surface area contributed by atoms with Gasteiger partial charge >= 0.3 is 0 Å². The highest BCUT2D eigenvalue weighted by Gasteiger charge is 2.04. The molecular formula is C10H7ClINO. The first-order valence-electron chi connectivity index (χ1n) is 3.99. The third-order valence-corrected chi connectivity index (χ3v) is 2.71. The van der Waals surface area contributed by atoms with Crippen molar-refractivity contribution in [3.05, 3.63) is 33.0 Å². The molecule has 0 radical (unpaired) electrons. The topological polar surface area (TPSA) is 22.1 Å². The Balaban J connectivity index is 2.81. The molecule has 1 aromatic heterocycles. The van der Waals surface area contributed by atoms with Crippen LogP contribution in [0, 0.1) is 3.57 Å². The summed E-state index contributed by atoms with van der Waals surface area (Å²) in [6.45, 7) is 0. The van der Waals surface area contributed by atoms with Crippen LogP contribution in [-0.2, 0) is 0 Å². The van der Waals surface area contributed by atoms with Gasteiger partial charge in [0.15, 0.2) is 0 Å². The summed E-state index contributed by atoms with van der Waals surface area (Å²) in [5, 5.41) is 1.67. The van der Waals surface area contributed by atoms with Crippen LogP contribution in [-0.4, -0.2) is 12.1 Å². The molecule has 72 valence electrons. The Morgan fingerprint density at radius 3 is 2.86 bits per heavy atom. The van der Waals surface area contributed by atoms with E-state index in [2.05, 4.69) is 27.6 Å². The lowest BCUT2D eigenvalue weighted by Crippen LogP contribution is -1.88. The maximum Gasteiger partial charge on any atom is 0.146 e. The van der Waals surface area contributed by atoms with E-state index in [1.807, 2.05) is 12.1 Å². The molecule has 1 aromatic carbocycles. The number of halogens is 2. The summed E-state index contributed by atoms with van der Waals surface area (Å²) in [6, 6.07) is 5.68. The monoisotopic (exact) mass is 319 g/mol. The molecule has 0 unspecified atom stereocenters. The van der Waals surface area contributed by atoms with Gasteiger partial charge in [0, 0.05) is 26.2 Å². The van der Waals surface area contributed by atoms with E-state index in [1.54, 1.807) is 19.4 Å². The molecule has 1 heterocycles. The Morgan fingerprint density at radius 1 is 1.36 bits per heavy atom. The summed E-state index contributed by atoms with van der Waals surface area (Å²) in [7, 11) is 1.62. The molecule has 0 saturated heterocycles. The predicted octanol–water partition coefficient (Wildman–Crippen LogP) is 3.50. The number of hydrogen-bond acceptors (Lipinski definition) is 2. The van der Waals surface area contributed by atoms with Crippen molar-refractivity contribution in [2.75, 3.05) is 7.11 Å². The zero-order valence-corrected chi connectivity index (χ0v) is 10.3. The quantitative estimate of drug-likeness (QED) is 0.751. The molecule has 2 aromatic rings. The van der Waals surface area contributed by atoms with E-state index in [-0.39, 0.29) is 0 Å². The van der Waals surface area contributed by atoms with Crippen LogP contribution in [0.3, 0.4) is 0 Å². The number of nitrogens with zero attached hydrogens (tertiary/aromatic N) is 1. The third-order valence-electron chi connectivity index (χ3n) is 1.90. The lowest BCUT2D eigenvalue weighted by Gasteiger charge is -2.05. The van der Waals surface area contributed by atoms with Gasteiger partial charge in [-0.3, -0.25) is 4.98 Å². The fraction of sp³-hybridized carbons (Fsp3) is 0.100. The van der Waals surface area contributed by atoms with Crippen molar-refractivity contribution in [3.8, 4) is 5.75 Å². The molecule has 0 aliphatic rings. The molecule has 0 saturated carbocycles. The molecule has 0 N–H and O–H groups in total. The van der Waals surface area contributed by atoms with Gasteiger partial charge in [0.1, 0.15) is 11.3 Å². The summed E-state index contributed by atoms with van der Waals surface area (Å²) >= 11 is 8.16. The van der Waals surface area contributed by atoms with Crippen LogP contribution in [0.2, 0.25) is 5.02 Å². The number of benzene rings is 1. The molecule has 0 atom stereocenters. The third kappa shape index (κ3) is 1.79. The summed E-state index contributed by atoms with van der Waals surface area (Å²) in [5.74, 6) is 0.712. The van der Waals surface area contributed by atoms with Gasteiger partial charge in [-0.15, -0.1) is 0 Å². The Labute approximate surface area is 100 Å². The Bertz CT molecular complexity index is 482. The van der Waals surface area contributed by atoms with E-state index in [4.69, 9.17) is 16.3 Å². The SMILES string of the molecule is COc1cc(Cl)cc2cc(I)cnc12. The van der Waals surface area contributed by atoms with Gasteiger partial charge in [-0.05, 0) is 34.7 Å². The molecule has 4 heteroatoms. The van der Waals surface area contributed by atoms with Crippen molar-refractivity contribution in [1.82, 2.24) is 4.98 Å². The van der Waals surface area contributed by atoms with Crippen molar-refractivity contribution < 1.29 is 4.74 Å². The Kier molecular flexibility index (Phi) is 2.78. The molecule has 0 spiro atoms. The van der Waals surface area contributed by atoms with Crippen LogP contribution < -0.4 is 4.74 Å². The van der Waals surface area contributed by atoms with E-state index >= 15 is 0 Å². The standard InChI is InChI=1S/C10H7ClINO/c1-14-9-4-7(11)2-6-3-8(12)5-13-10(6)9/h2-5H,1H3. The smallest absolute Gasteiger partial charge is 0.146 e. The van der Waals surface area contributed by atoms with Gasteiger partial charge in [0.2, 0.25) is 0 Å². The van der Waals surface area contributed by atoms with Gasteiger partial charge in [-0.25, -0.2) is 0 Å². The van der Waals surface area contributed by atoms with Gasteiger partial charge < -0.3 is 4.74 Å². The molecule has 0 aliphatic heterocycles. The second kappa shape index (κ2) is 3.90. The number of fused-ring (bicyclic) bond motifs is 1. The van der Waals surface area contributed by atoms with Crippen LogP contribution in [0.1, 0.15) is 0 Å². The van der Waals surface area contributed by atoms with E-state index in [1.165, 1.54) is 0 Å². The predicted molar refractivity (Wildman–Crippen MR) is 66.0 cm³/mol. The fourth-order valence-electron chi connectivity index (χ4n) is 1.31. The van der Waals surface area contributed by atoms with Crippen molar-refractivity contribution in [1.29, 1.82) is 0 Å². The average Bonchev–Trinajstić information content (AvgIpc) is 2.15. The van der Waals surface area contributed by atoms with Crippen molar-refractivity contribution in [3.63, 3.8) is 0 Å². The maximum atomic E-state index is 5.94. The van der Waals surface area contributed by atoms with E-state index in [0.29, 0.717) is 10.8 Å². The van der Waals surface area contributed by atoms with Crippen LogP contribution >= 0.6 is 34.2 Å². The van der Waals surface area contributed by atoms with Crippen LogP contribution in [0.15, 0.2) is 24.4 Å². The van der Waals surface area contributed by atoms with Crippen LogP contribution in [0.25, 0.3) is 10.9 Å². The van der Waals surface area contributed by atoms with Crippen molar-refractivity contribution >= 4 is 45.1 Å². The number of pyridine rings is 1. The van der Waals surface area contributed by atoms with Crippen molar-refractivity contribution in [2.24, 2.45) is 0 Å². The molecule has 2 nitrogen and oxygen atoms in total. The molecule has 14 heavy (non-hydrogen) atoms. The summed E-state index contributed by atoms with van der Waals surface area (Å²) in [5.41, 5.74) is 0.845. The van der Waals surface area contributed by atoms with E-state index in [9.17, 15) is 0 Å². The van der Waals surface area contributed by atoms with E-state index < -0.39 is 0 Å². The van der Waals surface area contributed by atoms with Gasteiger partial charge in [-0.2, -0.15) is 0 Å². The first-order valence-corrected chi connectivity index (χ1v) is 5.45. The number of methoxy groups -OCH3 is 1. The minimum Gasteiger partial charge on any atom is -0.494 e. The summed E-state index contributed by atoms with van der Waals surface area (Å²) < 4.78 is 6.28. The first kappa shape index (κ1) is 9.98. The van der Waals surface area contributed by atoms with Gasteiger partial charge in [0.25, 0.3) is 0 Å². The Morgan fingerprint density at radius 2 is 2.14 bits per heavy atom. The van der Waals surface area contributed by atoms with Gasteiger partial charge in [0.05, 0.1) is 7.11 Å². The molecular weight excluding hydrogens is 312 g/mol. The van der Waals surface area contributed by atoms with Crippen LogP contribution in [0.5, 0.6) is 5.75 Å². The highest BCUT2D eigenvalue weighted by Crippen LogP contribution is 2.28. The Hall–Kier alpha value is -0.550. The maximum absolute atomic E-state index is 5.94. The van der Waals surface area contributed by atoms with Crippen molar-refractivity contribution in [2.45, 2.75) is 0 Å². The molecule has 0 aliphatic carbocycles. The summed E-state index contributed by atoms with van der Waals surface area (Å²) in [4.78, 5) is 4.30. The van der Waals surface area contributed by atoms with E-state index in [0.717, 1.165) is 14.5 Å². The minimum absolute atomic E-state index is 0.665. The molecule has 0 fully saturated rings. The normalized spacial score (nSPS) is 10.5. The highest BCUT2D eigenvalue weighted by atomic mass is 127. The number of aromatic nitrogens is 1. The lowest BCUT2D eigenvalue weighted by molar-refractivity contribution is 0.419. The van der Waals surface area contributed by atoms with Crippen LogP contribution in [0.4, 0.5) is 0 Å². The largest absolute Gasteiger partial charge is 0.494 e. The first-order chi connectivity index (χ1) is 6.70. The molecule has 2 rings (SSSR count). The zero-order chi connectivity index (χ0) is 10.1. The number of ether oxygens (including phenoxy) is 1. The van der Waals surface area contributed by atoms with Gasteiger partial charge in [-0.1, -0.05) is 11.6 Å². The highest BCUT2D eigenvalue weighted by molar-refractivity contribution is 14.1.